The number of Topliss-reactive ketones (excluding diaryl/α,β-unsaturated/α-hetero) is 1. The van der Waals surface area contributed by atoms with E-state index in [1.165, 1.54) is 6.92 Å². The van der Waals surface area contributed by atoms with E-state index in [1.807, 2.05) is 12.1 Å². The molecule has 0 amide bonds. The first kappa shape index (κ1) is 10.8. The average Bonchev–Trinajstić information content (AvgIpc) is 2.29. The summed E-state index contributed by atoms with van der Waals surface area (Å²) in [5, 5.41) is 0.403. The van der Waals surface area contributed by atoms with Crippen LogP contribution in [-0.2, 0) is 0 Å². The molecule has 2 rings (SSSR count). The van der Waals surface area contributed by atoms with Gasteiger partial charge in [-0.15, -0.1) is 0 Å². The van der Waals surface area contributed by atoms with Crippen molar-refractivity contribution in [3.8, 4) is 11.4 Å². The molecule has 2 aromatic rings. The molecule has 16 heavy (non-hydrogen) atoms. The van der Waals surface area contributed by atoms with E-state index >= 15 is 0 Å². The summed E-state index contributed by atoms with van der Waals surface area (Å²) in [7, 11) is 0. The smallest absolute Gasteiger partial charge is 0.160 e. The number of aromatic nitrogens is 2. The van der Waals surface area contributed by atoms with E-state index in [0.29, 0.717) is 16.5 Å². The Balaban J connectivity index is 2.38. The maximum Gasteiger partial charge on any atom is 0.160 e. The topological polar surface area (TPSA) is 42.9 Å². The minimum absolute atomic E-state index is 0.0403. The largest absolute Gasteiger partial charge is 0.295 e. The Bertz CT molecular complexity index is 523. The molecular weight excluding hydrogens is 224 g/mol. The highest BCUT2D eigenvalue weighted by atomic mass is 35.5. The zero-order valence-electron chi connectivity index (χ0n) is 8.64. The van der Waals surface area contributed by atoms with E-state index in [4.69, 9.17) is 11.6 Å². The lowest BCUT2D eigenvalue weighted by Gasteiger charge is -2.01. The van der Waals surface area contributed by atoms with Crippen LogP contribution in [0.1, 0.15) is 17.3 Å². The van der Waals surface area contributed by atoms with Crippen molar-refractivity contribution >= 4 is 17.4 Å². The van der Waals surface area contributed by atoms with Crippen LogP contribution in [-0.4, -0.2) is 15.8 Å². The molecule has 0 N–H and O–H groups in total. The van der Waals surface area contributed by atoms with Crippen molar-refractivity contribution in [1.29, 1.82) is 0 Å². The Labute approximate surface area is 98.1 Å². The summed E-state index contributed by atoms with van der Waals surface area (Å²) in [5.41, 5.74) is 1.51. The molecule has 0 fully saturated rings. The van der Waals surface area contributed by atoms with Crippen molar-refractivity contribution in [1.82, 2.24) is 9.97 Å². The second-order valence-electron chi connectivity index (χ2n) is 3.34. The summed E-state index contributed by atoms with van der Waals surface area (Å²) in [6.07, 6.45) is 1.60. The second kappa shape index (κ2) is 4.41. The van der Waals surface area contributed by atoms with Gasteiger partial charge in [-0.25, -0.2) is 9.97 Å². The van der Waals surface area contributed by atoms with E-state index in [1.54, 1.807) is 24.4 Å². The number of ketones is 1. The first-order chi connectivity index (χ1) is 7.66. The van der Waals surface area contributed by atoms with Gasteiger partial charge in [0.25, 0.3) is 0 Å². The third kappa shape index (κ3) is 2.25. The molecule has 0 saturated heterocycles. The first-order valence-electron chi connectivity index (χ1n) is 4.77. The number of hydrogen-bond donors (Lipinski definition) is 0. The maximum absolute atomic E-state index is 11.1. The number of nitrogens with zero attached hydrogens (tertiary/aromatic N) is 2. The van der Waals surface area contributed by atoms with E-state index in [-0.39, 0.29) is 5.78 Å². The summed E-state index contributed by atoms with van der Waals surface area (Å²) in [5.74, 6) is 0.598. The van der Waals surface area contributed by atoms with Crippen molar-refractivity contribution in [3.05, 3.63) is 47.2 Å². The zero-order valence-corrected chi connectivity index (χ0v) is 9.40. The normalized spacial score (nSPS) is 10.1. The van der Waals surface area contributed by atoms with Crippen molar-refractivity contribution in [3.63, 3.8) is 0 Å². The van der Waals surface area contributed by atoms with Crippen LogP contribution in [0.25, 0.3) is 11.4 Å². The molecule has 1 aromatic carbocycles. The molecule has 1 heterocycles. The lowest BCUT2D eigenvalue weighted by molar-refractivity contribution is 0.101. The van der Waals surface area contributed by atoms with Gasteiger partial charge >= 0.3 is 0 Å². The number of halogens is 1. The third-order valence-electron chi connectivity index (χ3n) is 2.17. The minimum atomic E-state index is 0.0403. The Morgan fingerprint density at radius 3 is 2.44 bits per heavy atom. The fourth-order valence-electron chi connectivity index (χ4n) is 1.33. The molecule has 0 atom stereocenters. The van der Waals surface area contributed by atoms with E-state index in [2.05, 4.69) is 9.97 Å². The molecule has 0 aliphatic rings. The number of rotatable bonds is 2. The van der Waals surface area contributed by atoms with Crippen LogP contribution in [0.4, 0.5) is 0 Å². The van der Waals surface area contributed by atoms with Gasteiger partial charge in [-0.1, -0.05) is 35.9 Å². The van der Waals surface area contributed by atoms with Crippen molar-refractivity contribution in [2.45, 2.75) is 6.92 Å². The molecule has 0 bridgehead atoms. The third-order valence-corrected chi connectivity index (χ3v) is 2.38. The predicted molar refractivity (Wildman–Crippen MR) is 62.5 cm³/mol. The summed E-state index contributed by atoms with van der Waals surface area (Å²) in [6, 6.07) is 8.74. The highest BCUT2D eigenvalue weighted by Crippen LogP contribution is 2.17. The highest BCUT2D eigenvalue weighted by molar-refractivity contribution is 6.29. The summed E-state index contributed by atoms with van der Waals surface area (Å²) < 4.78 is 0. The van der Waals surface area contributed by atoms with Crippen molar-refractivity contribution in [2.75, 3.05) is 0 Å². The van der Waals surface area contributed by atoms with Gasteiger partial charge in [-0.05, 0) is 13.0 Å². The number of hydrogen-bond acceptors (Lipinski definition) is 3. The van der Waals surface area contributed by atoms with Gasteiger partial charge in [0.1, 0.15) is 5.15 Å². The SMILES string of the molecule is CC(=O)c1ccc(-c2nccc(Cl)n2)cc1. The molecule has 0 unspecified atom stereocenters. The van der Waals surface area contributed by atoms with Gasteiger partial charge < -0.3 is 0 Å². The molecule has 0 aliphatic heterocycles. The molecule has 0 spiro atoms. The van der Waals surface area contributed by atoms with Crippen LogP contribution in [0.15, 0.2) is 36.5 Å². The second-order valence-corrected chi connectivity index (χ2v) is 3.72. The first-order valence-corrected chi connectivity index (χ1v) is 5.14. The van der Waals surface area contributed by atoms with Crippen molar-refractivity contribution in [2.24, 2.45) is 0 Å². The van der Waals surface area contributed by atoms with E-state index < -0.39 is 0 Å². The molecular formula is C12H9ClN2O. The van der Waals surface area contributed by atoms with Gasteiger partial charge in [0, 0.05) is 17.3 Å². The Hall–Kier alpha value is -1.74. The Morgan fingerprint density at radius 2 is 1.88 bits per heavy atom. The van der Waals surface area contributed by atoms with Crippen molar-refractivity contribution < 1.29 is 4.79 Å². The average molecular weight is 233 g/mol. The van der Waals surface area contributed by atoms with Gasteiger partial charge in [0.15, 0.2) is 11.6 Å². The standard InChI is InChI=1S/C12H9ClN2O/c1-8(16)9-2-4-10(5-3-9)12-14-7-6-11(13)15-12/h2-7H,1H3. The lowest BCUT2D eigenvalue weighted by atomic mass is 10.1. The molecule has 4 heteroatoms. The Kier molecular flexibility index (Phi) is 2.97. The number of carbonyl (C=O) groups is 1. The lowest BCUT2D eigenvalue weighted by Crippen LogP contribution is -1.92. The van der Waals surface area contributed by atoms with Gasteiger partial charge in [-0.3, -0.25) is 4.79 Å². The summed E-state index contributed by atoms with van der Waals surface area (Å²) in [6.45, 7) is 1.53. The predicted octanol–water partition coefficient (Wildman–Crippen LogP) is 3.00. The maximum atomic E-state index is 11.1. The van der Waals surface area contributed by atoms with Crippen LogP contribution in [0.2, 0.25) is 5.15 Å². The van der Waals surface area contributed by atoms with Gasteiger partial charge in [0.05, 0.1) is 0 Å². The van der Waals surface area contributed by atoms with Crippen LogP contribution in [0.5, 0.6) is 0 Å². The fraction of sp³-hybridized carbons (Fsp3) is 0.0833. The Morgan fingerprint density at radius 1 is 1.19 bits per heavy atom. The monoisotopic (exact) mass is 232 g/mol. The quantitative estimate of drug-likeness (QED) is 0.591. The summed E-state index contributed by atoms with van der Waals surface area (Å²) in [4.78, 5) is 19.3. The van der Waals surface area contributed by atoms with Gasteiger partial charge in [-0.2, -0.15) is 0 Å². The molecule has 3 nitrogen and oxygen atoms in total. The van der Waals surface area contributed by atoms with Crippen LogP contribution in [0.3, 0.4) is 0 Å². The number of carbonyl (C=O) groups excluding carboxylic acids is 1. The van der Waals surface area contributed by atoms with Crippen LogP contribution >= 0.6 is 11.6 Å². The molecule has 80 valence electrons. The van der Waals surface area contributed by atoms with Crippen LogP contribution < -0.4 is 0 Å². The summed E-state index contributed by atoms with van der Waals surface area (Å²) >= 11 is 5.77. The van der Waals surface area contributed by atoms with Crippen LogP contribution in [0, 0.1) is 0 Å². The molecule has 0 radical (unpaired) electrons. The molecule has 1 aromatic heterocycles. The minimum Gasteiger partial charge on any atom is -0.295 e. The highest BCUT2D eigenvalue weighted by Gasteiger charge is 2.03. The molecule has 0 saturated carbocycles. The molecule has 0 aliphatic carbocycles. The van der Waals surface area contributed by atoms with E-state index in [0.717, 1.165) is 5.56 Å². The number of benzene rings is 1. The van der Waals surface area contributed by atoms with E-state index in [9.17, 15) is 4.79 Å². The zero-order chi connectivity index (χ0) is 11.5. The fourth-order valence-corrected chi connectivity index (χ4v) is 1.47. The van der Waals surface area contributed by atoms with Gasteiger partial charge in [0.2, 0.25) is 0 Å².